The summed E-state index contributed by atoms with van der Waals surface area (Å²) in [6.45, 7) is 2.64. The van der Waals surface area contributed by atoms with Gasteiger partial charge in [0.25, 0.3) is 0 Å². The summed E-state index contributed by atoms with van der Waals surface area (Å²) in [4.78, 5) is 42.4. The van der Waals surface area contributed by atoms with Crippen molar-refractivity contribution in [1.82, 2.24) is 0 Å². The van der Waals surface area contributed by atoms with Gasteiger partial charge in [0.2, 0.25) is 17.5 Å². The first-order valence-corrected chi connectivity index (χ1v) is 14.5. The largest absolute Gasteiger partial charge is 0.507 e. The monoisotopic (exact) mass is 658 g/mol. The maximum atomic E-state index is 14.3. The fourth-order valence-corrected chi connectivity index (χ4v) is 6.37. The second-order valence-corrected chi connectivity index (χ2v) is 11.8. The molecular weight excluding hydrogens is 632 g/mol. The number of benzene rings is 4. The number of hydrogen-bond acceptors (Lipinski definition) is 14. The van der Waals surface area contributed by atoms with Gasteiger partial charge in [0.15, 0.2) is 28.4 Å². The van der Waals surface area contributed by atoms with Gasteiger partial charge in [-0.1, -0.05) is 0 Å². The fourth-order valence-electron chi connectivity index (χ4n) is 6.37. The van der Waals surface area contributed by atoms with Crippen LogP contribution in [0.25, 0.3) is 33.1 Å². The maximum Gasteiger partial charge on any atom is 0.228 e. The number of ether oxygens (including phenoxy) is 2. The average molecular weight is 659 g/mol. The van der Waals surface area contributed by atoms with E-state index >= 15 is 0 Å². The van der Waals surface area contributed by atoms with E-state index in [4.69, 9.17) is 13.9 Å². The van der Waals surface area contributed by atoms with Crippen molar-refractivity contribution in [3.8, 4) is 45.6 Å². The molecule has 48 heavy (non-hydrogen) atoms. The number of hydrogen-bond donors (Lipinski definition) is 8. The zero-order chi connectivity index (χ0) is 34.5. The van der Waals surface area contributed by atoms with Crippen LogP contribution in [0.3, 0.4) is 0 Å². The summed E-state index contributed by atoms with van der Waals surface area (Å²) in [6.07, 6.45) is -6.86. The lowest BCUT2D eigenvalue weighted by Gasteiger charge is -2.35. The van der Waals surface area contributed by atoms with Crippen molar-refractivity contribution < 1.29 is 64.3 Å². The van der Waals surface area contributed by atoms with Crippen LogP contribution in [-0.4, -0.2) is 83.6 Å². The molecule has 1 aliphatic heterocycles. The van der Waals surface area contributed by atoms with Crippen molar-refractivity contribution in [1.29, 1.82) is 0 Å². The Morgan fingerprint density at radius 2 is 1.27 bits per heavy atom. The smallest absolute Gasteiger partial charge is 0.228 e. The van der Waals surface area contributed by atoms with Crippen LogP contribution in [0.1, 0.15) is 43.0 Å². The molecule has 2 heterocycles. The van der Waals surface area contributed by atoms with Gasteiger partial charge in [0, 0.05) is 34.4 Å². The van der Waals surface area contributed by atoms with Gasteiger partial charge in [-0.3, -0.25) is 14.4 Å². The Morgan fingerprint density at radius 3 is 2.00 bits per heavy atom. The molecule has 8 N–H and O–H groups in total. The van der Waals surface area contributed by atoms with Crippen LogP contribution in [0.4, 0.5) is 0 Å². The number of aliphatic hydroxyl groups is 3. The Bertz CT molecular complexity index is 2320. The van der Waals surface area contributed by atoms with E-state index in [1.54, 1.807) is 13.8 Å². The average Bonchev–Trinajstić information content (AvgIpc) is 3.01. The second kappa shape index (κ2) is 10.7. The quantitative estimate of drug-likeness (QED) is 0.127. The highest BCUT2D eigenvalue weighted by atomic mass is 16.7. The van der Waals surface area contributed by atoms with Crippen LogP contribution in [-0.2, 0) is 4.74 Å². The first-order chi connectivity index (χ1) is 22.7. The number of carbonyl (C=O) groups excluding carboxylic acids is 2. The van der Waals surface area contributed by atoms with Crippen molar-refractivity contribution >= 4 is 33.5 Å². The molecule has 0 radical (unpaired) electrons. The van der Waals surface area contributed by atoms with E-state index in [-0.39, 0.29) is 16.5 Å². The number of aliphatic hydroxyl groups excluding tert-OH is 3. The van der Waals surface area contributed by atoms with Gasteiger partial charge in [0.1, 0.15) is 41.3 Å². The summed E-state index contributed by atoms with van der Waals surface area (Å²) >= 11 is 0. The van der Waals surface area contributed by atoms with Gasteiger partial charge < -0.3 is 54.7 Å². The number of aromatic hydroxyl groups is 5. The molecule has 1 aliphatic carbocycles. The molecule has 0 spiro atoms. The Kier molecular flexibility index (Phi) is 6.89. The third-order valence-corrected chi connectivity index (χ3v) is 8.53. The molecule has 14 nitrogen and oxygen atoms in total. The van der Waals surface area contributed by atoms with Crippen LogP contribution in [0, 0.1) is 13.8 Å². The van der Waals surface area contributed by atoms with Gasteiger partial charge in [-0.15, -0.1) is 0 Å². The minimum atomic E-state index is -1.88. The van der Waals surface area contributed by atoms with Crippen molar-refractivity contribution in [2.24, 2.45) is 0 Å². The molecule has 14 heteroatoms. The molecule has 0 amide bonds. The minimum absolute atomic E-state index is 0.189. The molecule has 0 unspecified atom stereocenters. The number of phenols is 5. The standard InChI is InChI=1S/C34H26O14/c1-10-3-12-21(14(35)5-10)30(44)23-16(37)7-15(36)22(25(23)27(12)41)24-20(47-34-31(45)29(43)19(40)9-46-34)8-18(39)33-26(24)28(42)13-4-11(2)6-17(38)32(13)48-33/h3-8,19,29,31,34-40,43,45H,9H2,1-2H3/t19-,29+,31-,34+/m1/s1. The van der Waals surface area contributed by atoms with Crippen molar-refractivity contribution in [2.75, 3.05) is 6.61 Å². The molecule has 1 fully saturated rings. The van der Waals surface area contributed by atoms with E-state index in [0.717, 1.165) is 12.1 Å². The molecule has 2 aliphatic rings. The molecule has 4 aromatic carbocycles. The molecule has 0 bridgehead atoms. The van der Waals surface area contributed by atoms with E-state index in [0.29, 0.717) is 11.1 Å². The van der Waals surface area contributed by atoms with Crippen LogP contribution in [0.2, 0.25) is 0 Å². The molecule has 1 saturated heterocycles. The summed E-state index contributed by atoms with van der Waals surface area (Å²) < 4.78 is 17.1. The Labute approximate surface area is 268 Å². The second-order valence-electron chi connectivity index (χ2n) is 11.8. The lowest BCUT2D eigenvalue weighted by atomic mass is 9.78. The number of rotatable bonds is 3. The fraction of sp³-hybridized carbons (Fsp3) is 0.206. The van der Waals surface area contributed by atoms with Gasteiger partial charge in [-0.05, 0) is 49.2 Å². The lowest BCUT2D eigenvalue weighted by molar-refractivity contribution is -0.241. The molecule has 7 rings (SSSR count). The molecule has 5 aromatic rings. The summed E-state index contributed by atoms with van der Waals surface area (Å²) in [7, 11) is 0. The highest BCUT2D eigenvalue weighted by Gasteiger charge is 2.42. The van der Waals surface area contributed by atoms with E-state index in [1.165, 1.54) is 24.3 Å². The predicted octanol–water partition coefficient (Wildman–Crippen LogP) is 2.35. The normalized spacial score (nSPS) is 20.6. The Morgan fingerprint density at radius 1 is 0.646 bits per heavy atom. The summed E-state index contributed by atoms with van der Waals surface area (Å²) in [6, 6.07) is 6.90. The molecule has 1 aromatic heterocycles. The van der Waals surface area contributed by atoms with E-state index in [1.807, 2.05) is 0 Å². The lowest BCUT2D eigenvalue weighted by Crippen LogP contribution is -2.54. The van der Waals surface area contributed by atoms with Crippen molar-refractivity contribution in [2.45, 2.75) is 38.4 Å². The maximum absolute atomic E-state index is 14.3. The Hall–Kier alpha value is -5.67. The summed E-state index contributed by atoms with van der Waals surface area (Å²) in [5.41, 5.74) is -3.82. The Balaban J connectivity index is 1.63. The number of aryl methyl sites for hydroxylation is 2. The van der Waals surface area contributed by atoms with Crippen LogP contribution in [0.15, 0.2) is 45.6 Å². The highest BCUT2D eigenvalue weighted by molar-refractivity contribution is 6.33. The van der Waals surface area contributed by atoms with Gasteiger partial charge in [-0.2, -0.15) is 0 Å². The van der Waals surface area contributed by atoms with Gasteiger partial charge >= 0.3 is 0 Å². The van der Waals surface area contributed by atoms with Gasteiger partial charge in [0.05, 0.1) is 28.5 Å². The van der Waals surface area contributed by atoms with Crippen LogP contribution in [0.5, 0.6) is 34.5 Å². The number of ketones is 2. The molecule has 4 atom stereocenters. The molecule has 246 valence electrons. The third kappa shape index (κ3) is 4.38. The number of fused-ring (bicyclic) bond motifs is 4. The highest BCUT2D eigenvalue weighted by Crippen LogP contribution is 2.51. The third-order valence-electron chi connectivity index (χ3n) is 8.53. The van der Waals surface area contributed by atoms with Crippen molar-refractivity contribution in [3.63, 3.8) is 0 Å². The number of phenolic OH excluding ortho intramolecular Hbond substituents is 5. The minimum Gasteiger partial charge on any atom is -0.507 e. The van der Waals surface area contributed by atoms with E-state index in [9.17, 15) is 55.2 Å². The van der Waals surface area contributed by atoms with E-state index in [2.05, 4.69) is 0 Å². The number of carbonyl (C=O) groups is 2. The predicted molar refractivity (Wildman–Crippen MR) is 165 cm³/mol. The first kappa shape index (κ1) is 31.0. The molecular formula is C34H26O14. The van der Waals surface area contributed by atoms with Crippen LogP contribution < -0.4 is 10.2 Å². The SMILES string of the molecule is Cc1cc(O)c2c(c1)C(=O)c1c(c(O)cc(O)c1-c1c(O[C@@H]3OC[C@@H](O)[C@H](O)[C@H]3O)cc(O)c3oc4c(O)cc(C)cc4c(=O)c13)C2=O. The first-order valence-electron chi connectivity index (χ1n) is 14.5. The van der Waals surface area contributed by atoms with Crippen LogP contribution >= 0.6 is 0 Å². The summed E-state index contributed by atoms with van der Waals surface area (Å²) in [5, 5.41) is 84.9. The zero-order valence-electron chi connectivity index (χ0n) is 25.0. The van der Waals surface area contributed by atoms with Crippen molar-refractivity contribution in [3.05, 3.63) is 80.0 Å². The van der Waals surface area contributed by atoms with E-state index < -0.39 is 121 Å². The van der Waals surface area contributed by atoms with Gasteiger partial charge in [-0.25, -0.2) is 0 Å². The zero-order valence-corrected chi connectivity index (χ0v) is 25.0. The summed E-state index contributed by atoms with van der Waals surface area (Å²) in [5.74, 6) is -5.84. The molecule has 0 saturated carbocycles. The topological polar surface area (TPSA) is 245 Å².